The van der Waals surface area contributed by atoms with Gasteiger partial charge >= 0.3 is 23.9 Å². The van der Waals surface area contributed by atoms with Crippen molar-refractivity contribution in [2.75, 3.05) is 12.5 Å². The Bertz CT molecular complexity index is 551. The average Bonchev–Trinajstić information content (AvgIpc) is 2.54. The van der Waals surface area contributed by atoms with E-state index in [1.165, 1.54) is 27.7 Å². The van der Waals surface area contributed by atoms with Crippen molar-refractivity contribution in [3.05, 3.63) is 0 Å². The molecule has 1 aliphatic rings. The summed E-state index contributed by atoms with van der Waals surface area (Å²) in [6.45, 7) is 4.55. The van der Waals surface area contributed by atoms with Crippen LogP contribution in [0.3, 0.4) is 0 Å². The lowest BCUT2D eigenvalue weighted by atomic mass is 9.92. The molecule has 0 saturated carbocycles. The van der Waals surface area contributed by atoms with Crippen LogP contribution in [-0.2, 0) is 42.9 Å². The van der Waals surface area contributed by atoms with E-state index in [0.29, 0.717) is 18.7 Å². The van der Waals surface area contributed by atoms with Gasteiger partial charge in [-0.25, -0.2) is 0 Å². The van der Waals surface area contributed by atoms with Gasteiger partial charge in [-0.2, -0.15) is 0 Å². The maximum absolute atomic E-state index is 11.6. The smallest absolute Gasteiger partial charge is 0.303 e. The standard InChI is InChI=1S/C17H25ClO9/c1-9(19)23-8-14-16(25-11(3)21)17(26-12(4)22)15(24-10(2)20)13(27-14)6-5-7-18/h13-17H,5-8H2,1-4H3/t13-,14?,15?,16-,17+/m0/s1. The highest BCUT2D eigenvalue weighted by Gasteiger charge is 2.51. The Morgan fingerprint density at radius 3 is 1.70 bits per heavy atom. The van der Waals surface area contributed by atoms with Gasteiger partial charge in [0.05, 0.1) is 6.10 Å². The zero-order valence-corrected chi connectivity index (χ0v) is 16.5. The van der Waals surface area contributed by atoms with Crippen LogP contribution in [0.25, 0.3) is 0 Å². The molecule has 5 atom stereocenters. The Morgan fingerprint density at radius 2 is 1.26 bits per heavy atom. The first-order chi connectivity index (χ1) is 12.6. The summed E-state index contributed by atoms with van der Waals surface area (Å²) >= 11 is 5.74. The fourth-order valence-corrected chi connectivity index (χ4v) is 2.98. The molecule has 0 aliphatic carbocycles. The van der Waals surface area contributed by atoms with E-state index in [9.17, 15) is 19.2 Å². The summed E-state index contributed by atoms with van der Waals surface area (Å²) < 4.78 is 26.8. The van der Waals surface area contributed by atoms with E-state index < -0.39 is 54.4 Å². The van der Waals surface area contributed by atoms with Gasteiger partial charge in [0.1, 0.15) is 12.7 Å². The molecule has 9 nitrogen and oxygen atoms in total. The molecule has 0 spiro atoms. The van der Waals surface area contributed by atoms with Crippen LogP contribution in [0.4, 0.5) is 0 Å². The fraction of sp³-hybridized carbons (Fsp3) is 0.765. The normalized spacial score (nSPS) is 27.4. The minimum absolute atomic E-state index is 0.227. The lowest BCUT2D eigenvalue weighted by molar-refractivity contribution is -0.253. The molecule has 0 aromatic heterocycles. The number of carbonyl (C=O) groups is 4. The molecular formula is C17H25ClO9. The topological polar surface area (TPSA) is 114 Å². The number of carbonyl (C=O) groups excluding carboxylic acids is 4. The molecule has 0 N–H and O–H groups in total. The van der Waals surface area contributed by atoms with E-state index in [4.69, 9.17) is 35.3 Å². The van der Waals surface area contributed by atoms with Gasteiger partial charge in [-0.05, 0) is 12.8 Å². The molecule has 27 heavy (non-hydrogen) atoms. The average molecular weight is 409 g/mol. The number of hydrogen-bond donors (Lipinski definition) is 0. The van der Waals surface area contributed by atoms with E-state index in [2.05, 4.69) is 0 Å². The highest BCUT2D eigenvalue weighted by Crippen LogP contribution is 2.31. The van der Waals surface area contributed by atoms with Crippen LogP contribution in [0.2, 0.25) is 0 Å². The Balaban J connectivity index is 3.22. The van der Waals surface area contributed by atoms with E-state index in [0.717, 1.165) is 0 Å². The number of hydrogen-bond acceptors (Lipinski definition) is 9. The summed E-state index contributed by atoms with van der Waals surface area (Å²) in [5, 5.41) is 0. The van der Waals surface area contributed by atoms with Crippen LogP contribution in [-0.4, -0.2) is 66.9 Å². The van der Waals surface area contributed by atoms with Crippen LogP contribution in [0, 0.1) is 0 Å². The highest BCUT2D eigenvalue weighted by molar-refractivity contribution is 6.17. The van der Waals surface area contributed by atoms with Crippen molar-refractivity contribution in [3.8, 4) is 0 Å². The van der Waals surface area contributed by atoms with Crippen LogP contribution < -0.4 is 0 Å². The molecule has 1 aliphatic heterocycles. The third-order valence-corrected chi connectivity index (χ3v) is 3.98. The lowest BCUT2D eigenvalue weighted by Gasteiger charge is -2.44. The first-order valence-electron chi connectivity index (χ1n) is 8.52. The SMILES string of the molecule is CC(=O)OCC1O[C@@H](CCCCl)C(OC(C)=O)[C@@H](OC(C)=O)[C@H]1OC(C)=O. The largest absolute Gasteiger partial charge is 0.463 e. The summed E-state index contributed by atoms with van der Waals surface area (Å²) in [7, 11) is 0. The minimum Gasteiger partial charge on any atom is -0.463 e. The number of ether oxygens (including phenoxy) is 5. The van der Waals surface area contributed by atoms with Gasteiger partial charge in [-0.1, -0.05) is 0 Å². The summed E-state index contributed by atoms with van der Waals surface area (Å²) in [5.74, 6) is -2.14. The molecule has 2 unspecified atom stereocenters. The Hall–Kier alpha value is -1.87. The van der Waals surface area contributed by atoms with Crippen molar-refractivity contribution in [3.63, 3.8) is 0 Å². The van der Waals surface area contributed by atoms with Crippen molar-refractivity contribution in [1.29, 1.82) is 0 Å². The minimum atomic E-state index is -1.12. The second-order valence-corrected chi connectivity index (χ2v) is 6.45. The van der Waals surface area contributed by atoms with Crippen LogP contribution in [0.5, 0.6) is 0 Å². The highest BCUT2D eigenvalue weighted by atomic mass is 35.5. The van der Waals surface area contributed by atoms with Gasteiger partial charge in [0.25, 0.3) is 0 Å². The molecule has 0 aromatic rings. The first-order valence-corrected chi connectivity index (χ1v) is 9.05. The molecule has 1 saturated heterocycles. The molecule has 0 aromatic carbocycles. The Kier molecular flexibility index (Phi) is 9.51. The molecule has 0 amide bonds. The molecule has 10 heteroatoms. The third-order valence-electron chi connectivity index (χ3n) is 3.71. The van der Waals surface area contributed by atoms with Gasteiger partial charge in [0.15, 0.2) is 18.3 Å². The van der Waals surface area contributed by atoms with Gasteiger partial charge in [-0.3, -0.25) is 19.2 Å². The maximum atomic E-state index is 11.6. The Labute approximate surface area is 162 Å². The predicted molar refractivity (Wildman–Crippen MR) is 91.9 cm³/mol. The molecule has 1 heterocycles. The van der Waals surface area contributed by atoms with Gasteiger partial charge in [-0.15, -0.1) is 11.6 Å². The molecule has 154 valence electrons. The summed E-state index contributed by atoms with van der Waals surface area (Å²) in [5.41, 5.74) is 0. The molecule has 0 radical (unpaired) electrons. The second-order valence-electron chi connectivity index (χ2n) is 6.07. The van der Waals surface area contributed by atoms with Gasteiger partial charge in [0.2, 0.25) is 0 Å². The summed E-state index contributed by atoms with van der Waals surface area (Å²) in [4.78, 5) is 45.9. The zero-order chi connectivity index (χ0) is 20.6. The van der Waals surface area contributed by atoms with Crippen molar-refractivity contribution in [2.24, 2.45) is 0 Å². The van der Waals surface area contributed by atoms with E-state index >= 15 is 0 Å². The molecule has 1 fully saturated rings. The van der Waals surface area contributed by atoms with Gasteiger partial charge < -0.3 is 23.7 Å². The third kappa shape index (κ3) is 7.72. The quantitative estimate of drug-likeness (QED) is 0.331. The Morgan fingerprint density at radius 1 is 0.778 bits per heavy atom. The maximum Gasteiger partial charge on any atom is 0.303 e. The van der Waals surface area contributed by atoms with Crippen LogP contribution in [0.15, 0.2) is 0 Å². The number of esters is 4. The molecule has 0 bridgehead atoms. The number of halogens is 1. The summed E-state index contributed by atoms with van der Waals surface area (Å²) in [6, 6.07) is 0. The van der Waals surface area contributed by atoms with E-state index in [1.54, 1.807) is 0 Å². The van der Waals surface area contributed by atoms with Crippen molar-refractivity contribution in [2.45, 2.75) is 71.1 Å². The number of alkyl halides is 1. The van der Waals surface area contributed by atoms with Crippen molar-refractivity contribution in [1.82, 2.24) is 0 Å². The monoisotopic (exact) mass is 408 g/mol. The lowest BCUT2D eigenvalue weighted by Crippen LogP contribution is -2.62. The molecular weight excluding hydrogens is 384 g/mol. The first kappa shape index (κ1) is 23.2. The number of rotatable bonds is 8. The van der Waals surface area contributed by atoms with Crippen LogP contribution >= 0.6 is 11.6 Å². The van der Waals surface area contributed by atoms with Gasteiger partial charge in [0, 0.05) is 33.6 Å². The summed E-state index contributed by atoms with van der Waals surface area (Å²) in [6.07, 6.45) is -3.92. The zero-order valence-electron chi connectivity index (χ0n) is 15.8. The molecule has 1 rings (SSSR count). The van der Waals surface area contributed by atoms with E-state index in [-0.39, 0.29) is 6.61 Å². The second kappa shape index (κ2) is 11.1. The predicted octanol–water partition coefficient (Wildman–Crippen LogP) is 1.13. The fourth-order valence-electron chi connectivity index (χ4n) is 2.83. The van der Waals surface area contributed by atoms with Crippen molar-refractivity contribution >= 4 is 35.5 Å². The van der Waals surface area contributed by atoms with Crippen molar-refractivity contribution < 1.29 is 42.9 Å². The van der Waals surface area contributed by atoms with E-state index in [1.807, 2.05) is 0 Å². The van der Waals surface area contributed by atoms with Crippen LogP contribution in [0.1, 0.15) is 40.5 Å².